The fourth-order valence-corrected chi connectivity index (χ4v) is 5.05. The molecule has 9 heteroatoms. The van der Waals surface area contributed by atoms with Gasteiger partial charge in [0.2, 0.25) is 5.91 Å². The minimum absolute atomic E-state index is 0.0496. The van der Waals surface area contributed by atoms with Crippen molar-refractivity contribution < 1.29 is 22.7 Å². The molecule has 8 nitrogen and oxygen atoms in total. The predicted octanol–water partition coefficient (Wildman–Crippen LogP) is 0.819. The topological polar surface area (TPSA) is 96.3 Å². The Morgan fingerprint density at radius 3 is 2.74 bits per heavy atom. The number of hydrogen-bond donors (Lipinski definition) is 0. The summed E-state index contributed by atoms with van der Waals surface area (Å²) in [5, 5.41) is 5.44. The van der Waals surface area contributed by atoms with E-state index in [0.29, 0.717) is 18.7 Å². The molecule has 2 aliphatic heterocycles. The lowest BCUT2D eigenvalue weighted by Crippen LogP contribution is -2.44. The summed E-state index contributed by atoms with van der Waals surface area (Å²) in [6.07, 6.45) is 0.767. The Morgan fingerprint density at radius 1 is 1.33 bits per heavy atom. The monoisotopic (exact) mass is 393 g/mol. The van der Waals surface area contributed by atoms with E-state index < -0.39 is 15.9 Å². The van der Waals surface area contributed by atoms with Crippen LogP contribution in [0.25, 0.3) is 0 Å². The number of methoxy groups -OCH3 is 1. The zero-order chi connectivity index (χ0) is 19.6. The van der Waals surface area contributed by atoms with E-state index in [4.69, 9.17) is 4.74 Å². The van der Waals surface area contributed by atoms with E-state index in [0.717, 1.165) is 5.56 Å². The Morgan fingerprint density at radius 2 is 2.07 bits per heavy atom. The van der Waals surface area contributed by atoms with Crippen LogP contribution in [0, 0.1) is 0 Å². The van der Waals surface area contributed by atoms with E-state index in [-0.39, 0.29) is 41.9 Å². The van der Waals surface area contributed by atoms with Crippen molar-refractivity contribution in [2.45, 2.75) is 31.8 Å². The molecule has 1 atom stereocenters. The molecule has 2 aliphatic rings. The number of amides is 2. The van der Waals surface area contributed by atoms with Gasteiger partial charge in [-0.25, -0.2) is 13.4 Å². The number of para-hydroxylation sites is 1. The predicted molar refractivity (Wildman–Crippen MR) is 100 cm³/mol. The number of nitrogens with zero attached hydrogens (tertiary/aromatic N) is 3. The highest BCUT2D eigenvalue weighted by molar-refractivity contribution is 7.91. The van der Waals surface area contributed by atoms with Crippen LogP contribution in [0.4, 0.5) is 0 Å². The molecule has 146 valence electrons. The van der Waals surface area contributed by atoms with Gasteiger partial charge in [-0.15, -0.1) is 0 Å². The van der Waals surface area contributed by atoms with Crippen molar-refractivity contribution in [3.63, 3.8) is 0 Å². The maximum absolute atomic E-state index is 12.8. The van der Waals surface area contributed by atoms with Crippen LogP contribution in [-0.4, -0.2) is 67.6 Å². The second-order valence-electron chi connectivity index (χ2n) is 6.81. The summed E-state index contributed by atoms with van der Waals surface area (Å²) in [5.74, 6) is 0.130. The Bertz CT molecular complexity index is 881. The maximum Gasteiger partial charge on any atom is 0.270 e. The van der Waals surface area contributed by atoms with E-state index in [1.54, 1.807) is 14.2 Å². The summed E-state index contributed by atoms with van der Waals surface area (Å²) in [7, 11) is 0.0961. The number of carbonyl (C=O) groups is 2. The van der Waals surface area contributed by atoms with Gasteiger partial charge in [0.15, 0.2) is 9.84 Å². The highest BCUT2D eigenvalue weighted by Gasteiger charge is 2.37. The average Bonchev–Trinajstić information content (AvgIpc) is 3.01. The lowest BCUT2D eigenvalue weighted by atomic mass is 10.1. The Hall–Kier alpha value is -2.42. The van der Waals surface area contributed by atoms with Gasteiger partial charge < -0.3 is 9.64 Å². The average molecular weight is 393 g/mol. The fraction of sp³-hybridized carbons (Fsp3) is 0.500. The van der Waals surface area contributed by atoms with Crippen LogP contribution >= 0.6 is 0 Å². The van der Waals surface area contributed by atoms with Crippen molar-refractivity contribution in [3.8, 4) is 5.75 Å². The fourth-order valence-electron chi connectivity index (χ4n) is 3.36. The molecule has 1 aromatic carbocycles. The quantitative estimate of drug-likeness (QED) is 0.738. The molecule has 0 spiro atoms. The van der Waals surface area contributed by atoms with E-state index in [2.05, 4.69) is 5.10 Å². The Kier molecular flexibility index (Phi) is 5.50. The van der Waals surface area contributed by atoms with Crippen molar-refractivity contribution in [3.05, 3.63) is 29.8 Å². The molecule has 1 unspecified atom stereocenters. The summed E-state index contributed by atoms with van der Waals surface area (Å²) in [6, 6.07) is 6.95. The van der Waals surface area contributed by atoms with Crippen molar-refractivity contribution in [1.82, 2.24) is 9.91 Å². The van der Waals surface area contributed by atoms with Crippen LogP contribution in [0.1, 0.15) is 24.8 Å². The summed E-state index contributed by atoms with van der Waals surface area (Å²) in [6.45, 7) is 0.341. The first-order chi connectivity index (χ1) is 12.8. The SMILES string of the molecule is COc1ccccc1CN(C)C(=O)C1=NN(C2CCS(=O)(=O)C2)C(=O)CC1. The van der Waals surface area contributed by atoms with E-state index in [1.807, 2.05) is 24.3 Å². The summed E-state index contributed by atoms with van der Waals surface area (Å²) < 4.78 is 28.7. The molecule has 0 saturated carbocycles. The normalized spacial score (nSPS) is 21.7. The molecule has 0 aromatic heterocycles. The third kappa shape index (κ3) is 4.29. The molecule has 0 aliphatic carbocycles. The molecule has 1 fully saturated rings. The van der Waals surface area contributed by atoms with Gasteiger partial charge in [-0.1, -0.05) is 18.2 Å². The lowest BCUT2D eigenvalue weighted by Gasteiger charge is -2.29. The number of hydrazone groups is 1. The van der Waals surface area contributed by atoms with Gasteiger partial charge in [0, 0.05) is 32.0 Å². The number of hydrogen-bond acceptors (Lipinski definition) is 6. The largest absolute Gasteiger partial charge is 0.496 e. The van der Waals surface area contributed by atoms with Gasteiger partial charge in [0.1, 0.15) is 11.5 Å². The molecule has 0 bridgehead atoms. The van der Waals surface area contributed by atoms with Gasteiger partial charge in [-0.2, -0.15) is 5.10 Å². The van der Waals surface area contributed by atoms with Gasteiger partial charge in [-0.05, 0) is 12.5 Å². The molecule has 0 radical (unpaired) electrons. The second-order valence-corrected chi connectivity index (χ2v) is 9.04. The van der Waals surface area contributed by atoms with Crippen molar-refractivity contribution in [2.24, 2.45) is 5.10 Å². The zero-order valence-corrected chi connectivity index (χ0v) is 16.2. The number of sulfone groups is 1. The van der Waals surface area contributed by atoms with Crippen LogP contribution in [0.5, 0.6) is 5.75 Å². The number of benzene rings is 1. The summed E-state index contributed by atoms with van der Waals surface area (Å²) in [4.78, 5) is 26.5. The van der Waals surface area contributed by atoms with Crippen LogP contribution in [0.3, 0.4) is 0 Å². The van der Waals surface area contributed by atoms with Gasteiger partial charge in [0.25, 0.3) is 5.91 Å². The van der Waals surface area contributed by atoms with Crippen molar-refractivity contribution in [1.29, 1.82) is 0 Å². The van der Waals surface area contributed by atoms with Crippen LogP contribution in [-0.2, 0) is 26.0 Å². The maximum atomic E-state index is 12.8. The van der Waals surface area contributed by atoms with Crippen LogP contribution < -0.4 is 4.74 Å². The standard InChI is InChI=1S/C18H23N3O5S/c1-20(11-13-5-3-4-6-16(13)26-2)18(23)15-7-8-17(22)21(19-15)14-9-10-27(24,25)12-14/h3-6,14H,7-12H2,1-2H3. The number of carbonyl (C=O) groups excluding carboxylic acids is 2. The molecule has 0 N–H and O–H groups in total. The van der Waals surface area contributed by atoms with Gasteiger partial charge >= 0.3 is 0 Å². The third-order valence-electron chi connectivity index (χ3n) is 4.81. The second kappa shape index (κ2) is 7.67. The van der Waals surface area contributed by atoms with E-state index >= 15 is 0 Å². The Balaban J connectivity index is 1.75. The third-order valence-corrected chi connectivity index (χ3v) is 6.56. The highest BCUT2D eigenvalue weighted by atomic mass is 32.2. The van der Waals surface area contributed by atoms with Gasteiger partial charge in [-0.3, -0.25) is 9.59 Å². The molecule has 3 rings (SSSR count). The summed E-state index contributed by atoms with van der Waals surface area (Å²) in [5.41, 5.74) is 1.14. The number of ether oxygens (including phenoxy) is 1. The smallest absolute Gasteiger partial charge is 0.270 e. The van der Waals surface area contributed by atoms with E-state index in [1.165, 1.54) is 9.91 Å². The van der Waals surface area contributed by atoms with Crippen LogP contribution in [0.15, 0.2) is 29.4 Å². The minimum atomic E-state index is -3.14. The molecule has 2 amide bonds. The van der Waals surface area contributed by atoms with E-state index in [9.17, 15) is 18.0 Å². The van der Waals surface area contributed by atoms with Crippen LogP contribution in [0.2, 0.25) is 0 Å². The first-order valence-corrected chi connectivity index (χ1v) is 10.6. The summed E-state index contributed by atoms with van der Waals surface area (Å²) >= 11 is 0. The van der Waals surface area contributed by atoms with Gasteiger partial charge in [0.05, 0.1) is 24.7 Å². The minimum Gasteiger partial charge on any atom is -0.496 e. The number of rotatable bonds is 5. The first-order valence-electron chi connectivity index (χ1n) is 8.78. The van der Waals surface area contributed by atoms with Crippen molar-refractivity contribution in [2.75, 3.05) is 25.7 Å². The highest BCUT2D eigenvalue weighted by Crippen LogP contribution is 2.23. The zero-order valence-electron chi connectivity index (χ0n) is 15.4. The Labute approximate surface area is 158 Å². The molecular formula is C18H23N3O5S. The molecular weight excluding hydrogens is 370 g/mol. The molecule has 1 saturated heterocycles. The molecule has 2 heterocycles. The lowest BCUT2D eigenvalue weighted by molar-refractivity contribution is -0.134. The molecule has 1 aromatic rings. The molecule has 27 heavy (non-hydrogen) atoms. The first kappa shape index (κ1) is 19.3. The van der Waals surface area contributed by atoms with Crippen molar-refractivity contribution >= 4 is 27.4 Å².